The number of carboxylic acids is 1. The van der Waals surface area contributed by atoms with Gasteiger partial charge in [0.15, 0.2) is 12.7 Å². The van der Waals surface area contributed by atoms with E-state index < -0.39 is 18.0 Å². The first-order chi connectivity index (χ1) is 12.5. The summed E-state index contributed by atoms with van der Waals surface area (Å²) in [4.78, 5) is 22.4. The molecule has 136 valence electrons. The van der Waals surface area contributed by atoms with Gasteiger partial charge in [0.1, 0.15) is 11.5 Å². The van der Waals surface area contributed by atoms with Crippen LogP contribution in [0.1, 0.15) is 12.5 Å². The topological polar surface area (TPSA) is 97.2 Å². The highest BCUT2D eigenvalue weighted by Crippen LogP contribution is 2.22. The van der Waals surface area contributed by atoms with E-state index in [1.165, 1.54) is 13.1 Å². The Morgan fingerprint density at radius 2 is 1.92 bits per heavy atom. The lowest BCUT2D eigenvalue weighted by Gasteiger charge is -2.09. The third-order valence-corrected chi connectivity index (χ3v) is 3.45. The Hall–Kier alpha value is -3.06. The molecule has 8 heteroatoms. The maximum atomic E-state index is 11.7. The number of hydrogen-bond acceptors (Lipinski definition) is 5. The molecular formula is C18H17ClN2O5. The van der Waals surface area contributed by atoms with Gasteiger partial charge < -0.3 is 14.6 Å². The molecule has 1 atom stereocenters. The predicted molar refractivity (Wildman–Crippen MR) is 96.9 cm³/mol. The second kappa shape index (κ2) is 9.43. The molecule has 26 heavy (non-hydrogen) atoms. The molecule has 0 aliphatic rings. The fourth-order valence-corrected chi connectivity index (χ4v) is 1.99. The number of benzene rings is 2. The normalized spacial score (nSPS) is 11.8. The lowest BCUT2D eigenvalue weighted by Crippen LogP contribution is -2.24. The molecule has 2 aromatic carbocycles. The van der Waals surface area contributed by atoms with E-state index in [0.717, 1.165) is 0 Å². The first-order valence-electron chi connectivity index (χ1n) is 7.64. The highest BCUT2D eigenvalue weighted by molar-refractivity contribution is 6.32. The van der Waals surface area contributed by atoms with Crippen molar-refractivity contribution < 1.29 is 24.2 Å². The zero-order chi connectivity index (χ0) is 18.9. The fraction of sp³-hybridized carbons (Fsp3) is 0.167. The van der Waals surface area contributed by atoms with E-state index in [0.29, 0.717) is 22.1 Å². The molecule has 0 bridgehead atoms. The molecule has 7 nitrogen and oxygen atoms in total. The molecule has 0 aromatic heterocycles. The van der Waals surface area contributed by atoms with Crippen molar-refractivity contribution in [1.82, 2.24) is 5.43 Å². The van der Waals surface area contributed by atoms with E-state index in [-0.39, 0.29) is 6.61 Å². The van der Waals surface area contributed by atoms with Gasteiger partial charge in [-0.25, -0.2) is 10.2 Å². The highest BCUT2D eigenvalue weighted by atomic mass is 35.5. The summed E-state index contributed by atoms with van der Waals surface area (Å²) in [7, 11) is 0. The van der Waals surface area contributed by atoms with E-state index in [9.17, 15) is 9.59 Å². The van der Waals surface area contributed by atoms with Crippen LogP contribution in [0.2, 0.25) is 5.02 Å². The smallest absolute Gasteiger partial charge is 0.344 e. The first kappa shape index (κ1) is 19.3. The van der Waals surface area contributed by atoms with E-state index in [1.807, 2.05) is 0 Å². The molecule has 0 fully saturated rings. The van der Waals surface area contributed by atoms with Crippen molar-refractivity contribution in [2.24, 2.45) is 5.10 Å². The Labute approximate surface area is 155 Å². The van der Waals surface area contributed by atoms with Crippen LogP contribution in [-0.2, 0) is 9.59 Å². The molecule has 0 spiro atoms. The number of halogens is 1. The van der Waals surface area contributed by atoms with Crippen LogP contribution in [0.15, 0.2) is 53.6 Å². The zero-order valence-corrected chi connectivity index (χ0v) is 14.6. The van der Waals surface area contributed by atoms with E-state index in [1.54, 1.807) is 48.5 Å². The first-order valence-corrected chi connectivity index (χ1v) is 8.02. The van der Waals surface area contributed by atoms with Crippen LogP contribution in [0, 0.1) is 0 Å². The number of aliphatic carboxylic acids is 1. The molecule has 0 heterocycles. The number of carbonyl (C=O) groups excluding carboxylic acids is 1. The SMILES string of the molecule is C[C@@H](Oc1ccc(/C=N/NC(=O)COc2ccccc2Cl)cc1)C(=O)O. The minimum atomic E-state index is -1.04. The number of carbonyl (C=O) groups is 2. The standard InChI is InChI=1S/C18H17ClN2O5/c1-12(18(23)24)26-14-8-6-13(7-9-14)10-20-21-17(22)11-25-16-5-3-2-4-15(16)19/h2-10,12H,11H2,1H3,(H,21,22)(H,23,24)/b20-10+/t12-/m1/s1. The predicted octanol–water partition coefficient (Wildman–Crippen LogP) is 2.72. The van der Waals surface area contributed by atoms with Gasteiger partial charge in [0.25, 0.3) is 5.91 Å². The van der Waals surface area contributed by atoms with E-state index in [2.05, 4.69) is 10.5 Å². The monoisotopic (exact) mass is 376 g/mol. The quantitative estimate of drug-likeness (QED) is 0.545. The molecular weight excluding hydrogens is 360 g/mol. The van der Waals surface area contributed by atoms with Crippen molar-refractivity contribution in [3.8, 4) is 11.5 Å². The van der Waals surface area contributed by atoms with Crippen LogP contribution in [0.4, 0.5) is 0 Å². The van der Waals surface area contributed by atoms with Crippen LogP contribution in [0.5, 0.6) is 11.5 Å². The summed E-state index contributed by atoms with van der Waals surface area (Å²) in [5.74, 6) is -0.637. The molecule has 2 aromatic rings. The second-order valence-electron chi connectivity index (χ2n) is 5.18. The van der Waals surface area contributed by atoms with Crippen LogP contribution >= 0.6 is 11.6 Å². The lowest BCUT2D eigenvalue weighted by molar-refractivity contribution is -0.144. The Balaban J connectivity index is 1.79. The molecule has 0 aliphatic carbocycles. The van der Waals surface area contributed by atoms with Crippen LogP contribution in [0.25, 0.3) is 0 Å². The Morgan fingerprint density at radius 3 is 2.58 bits per heavy atom. The number of ether oxygens (including phenoxy) is 2. The summed E-state index contributed by atoms with van der Waals surface area (Å²) in [6.07, 6.45) is 0.504. The van der Waals surface area contributed by atoms with Crippen LogP contribution in [-0.4, -0.2) is 35.9 Å². The molecule has 0 saturated heterocycles. The van der Waals surface area contributed by atoms with E-state index in [4.69, 9.17) is 26.2 Å². The van der Waals surface area contributed by atoms with Gasteiger partial charge in [-0.3, -0.25) is 4.79 Å². The number of nitrogens with zero attached hydrogens (tertiary/aromatic N) is 1. The fourth-order valence-electron chi connectivity index (χ4n) is 1.80. The summed E-state index contributed by atoms with van der Waals surface area (Å²) in [5.41, 5.74) is 3.04. The molecule has 2 rings (SSSR count). The highest BCUT2D eigenvalue weighted by Gasteiger charge is 2.11. The minimum Gasteiger partial charge on any atom is -0.482 e. The molecule has 0 unspecified atom stereocenters. The van der Waals surface area contributed by atoms with Gasteiger partial charge >= 0.3 is 5.97 Å². The van der Waals surface area contributed by atoms with E-state index >= 15 is 0 Å². The number of hydrazone groups is 1. The number of nitrogens with one attached hydrogen (secondary N) is 1. The Kier molecular flexibility index (Phi) is 6.99. The molecule has 1 amide bonds. The van der Waals surface area contributed by atoms with Crippen molar-refractivity contribution in [3.05, 3.63) is 59.1 Å². The number of hydrogen-bond donors (Lipinski definition) is 2. The van der Waals surface area contributed by atoms with Gasteiger partial charge in [0.05, 0.1) is 11.2 Å². The molecule has 0 aliphatic heterocycles. The van der Waals surface area contributed by atoms with Crippen LogP contribution in [0.3, 0.4) is 0 Å². The number of carboxylic acid groups (broad SMARTS) is 1. The number of para-hydroxylation sites is 1. The summed E-state index contributed by atoms with van der Waals surface area (Å²) >= 11 is 5.92. The maximum absolute atomic E-state index is 11.7. The van der Waals surface area contributed by atoms with Gasteiger partial charge in [0.2, 0.25) is 0 Å². The number of rotatable bonds is 8. The lowest BCUT2D eigenvalue weighted by atomic mass is 10.2. The Bertz CT molecular complexity index is 792. The summed E-state index contributed by atoms with van der Waals surface area (Å²) < 4.78 is 10.5. The van der Waals surface area contributed by atoms with Gasteiger partial charge in [-0.1, -0.05) is 23.7 Å². The molecule has 0 radical (unpaired) electrons. The van der Waals surface area contributed by atoms with Gasteiger partial charge in [-0.15, -0.1) is 0 Å². The maximum Gasteiger partial charge on any atom is 0.344 e. The third-order valence-electron chi connectivity index (χ3n) is 3.14. The largest absolute Gasteiger partial charge is 0.482 e. The van der Waals surface area contributed by atoms with Crippen molar-refractivity contribution >= 4 is 29.7 Å². The van der Waals surface area contributed by atoms with Crippen molar-refractivity contribution in [2.75, 3.05) is 6.61 Å². The summed E-state index contributed by atoms with van der Waals surface area (Å²) in [5, 5.41) is 13.0. The molecule has 0 saturated carbocycles. The van der Waals surface area contributed by atoms with Crippen LogP contribution < -0.4 is 14.9 Å². The average molecular weight is 377 g/mol. The van der Waals surface area contributed by atoms with Crippen molar-refractivity contribution in [1.29, 1.82) is 0 Å². The molecule has 2 N–H and O–H groups in total. The van der Waals surface area contributed by atoms with Gasteiger partial charge in [-0.05, 0) is 48.9 Å². The van der Waals surface area contributed by atoms with Crippen molar-refractivity contribution in [3.63, 3.8) is 0 Å². The minimum absolute atomic E-state index is 0.221. The third kappa shape index (κ3) is 6.10. The summed E-state index contributed by atoms with van der Waals surface area (Å²) in [6.45, 7) is 1.22. The van der Waals surface area contributed by atoms with Gasteiger partial charge in [0, 0.05) is 0 Å². The van der Waals surface area contributed by atoms with Crippen molar-refractivity contribution in [2.45, 2.75) is 13.0 Å². The zero-order valence-electron chi connectivity index (χ0n) is 13.9. The Morgan fingerprint density at radius 1 is 1.23 bits per heavy atom. The van der Waals surface area contributed by atoms with Gasteiger partial charge in [-0.2, -0.15) is 5.10 Å². The average Bonchev–Trinajstić information content (AvgIpc) is 2.62. The summed E-state index contributed by atoms with van der Waals surface area (Å²) in [6, 6.07) is 13.4. The number of amides is 1. The second-order valence-corrected chi connectivity index (χ2v) is 5.59.